The van der Waals surface area contributed by atoms with Gasteiger partial charge >= 0.3 is 0 Å². The Morgan fingerprint density at radius 3 is 2.42 bits per heavy atom. The molecule has 1 atom stereocenters. The summed E-state index contributed by atoms with van der Waals surface area (Å²) in [5.74, 6) is -1.89. The standard InChI is InChI=1S/C18H15N3O2S/c1-12-7-9-14(10-8-12)21-17(23)15(16(22)20-18(21)24)11-19-13-5-3-2-4-6-13/h2-11,15H,1H3,(H,20,22,24)/t15-/m0/s1. The summed E-state index contributed by atoms with van der Waals surface area (Å²) in [7, 11) is 0. The maximum Gasteiger partial charge on any atom is 0.251 e. The van der Waals surface area contributed by atoms with Crippen LogP contribution < -0.4 is 10.2 Å². The molecule has 1 saturated heterocycles. The average molecular weight is 337 g/mol. The Kier molecular flexibility index (Phi) is 4.48. The van der Waals surface area contributed by atoms with Crippen LogP contribution in [0.3, 0.4) is 0 Å². The monoisotopic (exact) mass is 337 g/mol. The molecule has 0 aliphatic carbocycles. The van der Waals surface area contributed by atoms with E-state index in [1.165, 1.54) is 11.1 Å². The van der Waals surface area contributed by atoms with Crippen molar-refractivity contribution < 1.29 is 9.59 Å². The van der Waals surface area contributed by atoms with Crippen LogP contribution in [0.4, 0.5) is 11.4 Å². The third-order valence-corrected chi connectivity index (χ3v) is 3.91. The zero-order valence-corrected chi connectivity index (χ0v) is 13.8. The fraction of sp³-hybridized carbons (Fsp3) is 0.111. The van der Waals surface area contributed by atoms with Gasteiger partial charge in [-0.2, -0.15) is 0 Å². The number of nitrogens with zero attached hydrogens (tertiary/aromatic N) is 2. The first-order chi connectivity index (χ1) is 11.6. The highest BCUT2D eigenvalue weighted by Crippen LogP contribution is 2.21. The van der Waals surface area contributed by atoms with Crippen LogP contribution in [-0.2, 0) is 9.59 Å². The Bertz CT molecular complexity index is 816. The highest BCUT2D eigenvalue weighted by Gasteiger charge is 2.38. The third kappa shape index (κ3) is 3.23. The first-order valence-corrected chi connectivity index (χ1v) is 7.82. The number of aryl methyl sites for hydroxylation is 1. The first kappa shape index (κ1) is 16.0. The van der Waals surface area contributed by atoms with Gasteiger partial charge in [-0.15, -0.1) is 0 Å². The molecule has 0 unspecified atom stereocenters. The van der Waals surface area contributed by atoms with Crippen LogP contribution in [0.1, 0.15) is 5.56 Å². The lowest BCUT2D eigenvalue weighted by atomic mass is 10.1. The molecule has 120 valence electrons. The number of carbonyl (C=O) groups is 2. The number of thiocarbonyl (C=S) groups is 1. The first-order valence-electron chi connectivity index (χ1n) is 7.41. The zero-order valence-electron chi connectivity index (χ0n) is 13.0. The summed E-state index contributed by atoms with van der Waals surface area (Å²) >= 11 is 5.16. The van der Waals surface area contributed by atoms with Crippen LogP contribution in [0.5, 0.6) is 0 Å². The summed E-state index contributed by atoms with van der Waals surface area (Å²) in [5, 5.41) is 2.65. The lowest BCUT2D eigenvalue weighted by Crippen LogP contribution is -2.58. The molecule has 1 fully saturated rings. The van der Waals surface area contributed by atoms with Crippen molar-refractivity contribution in [3.63, 3.8) is 0 Å². The van der Waals surface area contributed by atoms with E-state index in [-0.39, 0.29) is 5.11 Å². The maximum absolute atomic E-state index is 12.7. The molecule has 1 heterocycles. The lowest BCUT2D eigenvalue weighted by Gasteiger charge is -2.30. The van der Waals surface area contributed by atoms with E-state index >= 15 is 0 Å². The van der Waals surface area contributed by atoms with Gasteiger partial charge in [0.1, 0.15) is 0 Å². The highest BCUT2D eigenvalue weighted by molar-refractivity contribution is 7.80. The van der Waals surface area contributed by atoms with Crippen molar-refractivity contribution in [2.45, 2.75) is 6.92 Å². The van der Waals surface area contributed by atoms with E-state index in [1.807, 2.05) is 37.3 Å². The minimum absolute atomic E-state index is 0.0817. The molecule has 0 saturated carbocycles. The largest absolute Gasteiger partial charge is 0.301 e. The molecule has 0 bridgehead atoms. The second-order valence-electron chi connectivity index (χ2n) is 5.39. The van der Waals surface area contributed by atoms with Gasteiger partial charge in [0.15, 0.2) is 11.0 Å². The average Bonchev–Trinajstić information content (AvgIpc) is 2.57. The molecular formula is C18H15N3O2S. The van der Waals surface area contributed by atoms with Gasteiger partial charge in [-0.3, -0.25) is 19.5 Å². The molecule has 1 aliphatic rings. The van der Waals surface area contributed by atoms with Crippen LogP contribution in [0.2, 0.25) is 0 Å². The van der Waals surface area contributed by atoms with Crippen molar-refractivity contribution in [3.8, 4) is 0 Å². The summed E-state index contributed by atoms with van der Waals surface area (Å²) in [4.78, 5) is 30.4. The van der Waals surface area contributed by atoms with E-state index in [0.717, 1.165) is 5.56 Å². The quantitative estimate of drug-likeness (QED) is 0.532. The van der Waals surface area contributed by atoms with Gasteiger partial charge < -0.3 is 5.32 Å². The second kappa shape index (κ2) is 6.72. The Morgan fingerprint density at radius 2 is 1.75 bits per heavy atom. The fourth-order valence-corrected chi connectivity index (χ4v) is 2.63. The molecule has 2 aromatic rings. The Balaban J connectivity index is 1.88. The Hall–Kier alpha value is -2.86. The Morgan fingerprint density at radius 1 is 1.08 bits per heavy atom. The summed E-state index contributed by atoms with van der Waals surface area (Å²) < 4.78 is 0. The van der Waals surface area contributed by atoms with Crippen molar-refractivity contribution in [1.82, 2.24) is 5.32 Å². The van der Waals surface area contributed by atoms with Crippen LogP contribution in [0.25, 0.3) is 0 Å². The number of carbonyl (C=O) groups excluding carboxylic acids is 2. The van der Waals surface area contributed by atoms with Gasteiger partial charge in [-0.25, -0.2) is 0 Å². The van der Waals surface area contributed by atoms with E-state index in [9.17, 15) is 9.59 Å². The fourth-order valence-electron chi connectivity index (χ4n) is 2.33. The van der Waals surface area contributed by atoms with E-state index in [0.29, 0.717) is 11.4 Å². The van der Waals surface area contributed by atoms with Gasteiger partial charge in [0, 0.05) is 6.21 Å². The number of amides is 2. The minimum Gasteiger partial charge on any atom is -0.301 e. The van der Waals surface area contributed by atoms with Crippen LogP contribution >= 0.6 is 12.2 Å². The Labute approximate surface area is 145 Å². The molecule has 2 aromatic carbocycles. The number of aliphatic imine (C=N–C) groups is 1. The van der Waals surface area contributed by atoms with Crippen molar-refractivity contribution in [2.75, 3.05) is 4.90 Å². The van der Waals surface area contributed by atoms with Crippen molar-refractivity contribution in [1.29, 1.82) is 0 Å². The molecule has 0 spiro atoms. The number of para-hydroxylation sites is 1. The number of hydrogen-bond donors (Lipinski definition) is 1. The van der Waals surface area contributed by atoms with Gasteiger partial charge in [-0.1, -0.05) is 35.9 Å². The zero-order chi connectivity index (χ0) is 17.1. The molecule has 6 heteroatoms. The maximum atomic E-state index is 12.7. The van der Waals surface area contributed by atoms with E-state index < -0.39 is 17.7 Å². The molecule has 0 radical (unpaired) electrons. The minimum atomic E-state index is -1.02. The topological polar surface area (TPSA) is 61.8 Å². The van der Waals surface area contributed by atoms with Crippen molar-refractivity contribution in [3.05, 3.63) is 60.2 Å². The number of rotatable bonds is 3. The summed E-state index contributed by atoms with van der Waals surface area (Å²) in [5.41, 5.74) is 2.36. The number of hydrogen-bond acceptors (Lipinski definition) is 4. The number of anilines is 1. The van der Waals surface area contributed by atoms with E-state index in [2.05, 4.69) is 10.3 Å². The highest BCUT2D eigenvalue weighted by atomic mass is 32.1. The molecule has 5 nitrogen and oxygen atoms in total. The van der Waals surface area contributed by atoms with Crippen molar-refractivity contribution >= 4 is 46.7 Å². The predicted octanol–water partition coefficient (Wildman–Crippen LogP) is 2.76. The smallest absolute Gasteiger partial charge is 0.251 e. The van der Waals surface area contributed by atoms with Gasteiger partial charge in [-0.05, 0) is 43.4 Å². The third-order valence-electron chi connectivity index (χ3n) is 3.62. The van der Waals surface area contributed by atoms with E-state index in [4.69, 9.17) is 12.2 Å². The number of nitrogens with one attached hydrogen (secondary N) is 1. The lowest BCUT2D eigenvalue weighted by molar-refractivity contribution is -0.130. The molecule has 24 heavy (non-hydrogen) atoms. The number of benzene rings is 2. The molecule has 0 aromatic heterocycles. The second-order valence-corrected chi connectivity index (χ2v) is 5.78. The molecule has 3 rings (SSSR count). The predicted molar refractivity (Wildman–Crippen MR) is 97.5 cm³/mol. The van der Waals surface area contributed by atoms with Gasteiger partial charge in [0.2, 0.25) is 5.91 Å². The summed E-state index contributed by atoms with van der Waals surface area (Å²) in [6.45, 7) is 1.96. The van der Waals surface area contributed by atoms with Crippen LogP contribution in [0.15, 0.2) is 59.6 Å². The molecule has 1 N–H and O–H groups in total. The summed E-state index contributed by atoms with van der Waals surface area (Å²) in [6, 6.07) is 16.5. The molecule has 1 aliphatic heterocycles. The summed E-state index contributed by atoms with van der Waals surface area (Å²) in [6.07, 6.45) is 1.36. The van der Waals surface area contributed by atoms with E-state index in [1.54, 1.807) is 24.3 Å². The molecule has 2 amide bonds. The SMILES string of the molecule is Cc1ccc(N2C(=O)[C@@H](C=Nc3ccccc3)C(=O)NC2=S)cc1. The van der Waals surface area contributed by atoms with Crippen LogP contribution in [-0.4, -0.2) is 23.1 Å². The van der Waals surface area contributed by atoms with Crippen LogP contribution in [0, 0.1) is 12.8 Å². The normalized spacial score (nSPS) is 18.1. The van der Waals surface area contributed by atoms with Crippen molar-refractivity contribution in [2.24, 2.45) is 10.9 Å². The van der Waals surface area contributed by atoms with Gasteiger partial charge in [0.25, 0.3) is 5.91 Å². The van der Waals surface area contributed by atoms with Gasteiger partial charge in [0.05, 0.1) is 11.4 Å². The molecular weight excluding hydrogens is 322 g/mol.